The third kappa shape index (κ3) is 12.5. The second kappa shape index (κ2) is 20.2. The van der Waals surface area contributed by atoms with Crippen LogP contribution in [-0.2, 0) is 40.2 Å². The van der Waals surface area contributed by atoms with E-state index in [1.807, 2.05) is 6.07 Å². The fraction of sp³-hybridized carbons (Fsp3) is 0.656. The first-order valence-corrected chi connectivity index (χ1v) is 19.0. The number of amides is 1. The Morgan fingerprint density at radius 3 is 2.32 bits per heavy atom. The normalized spacial score (nSPS) is 15.8. The summed E-state index contributed by atoms with van der Waals surface area (Å²) in [7, 11) is -3.50. The number of carbonyl (C=O) groups excluding carboxylic acids is 1. The van der Waals surface area contributed by atoms with Gasteiger partial charge in [-0.3, -0.25) is 4.79 Å². The highest BCUT2D eigenvalue weighted by Crippen LogP contribution is 2.36. The van der Waals surface area contributed by atoms with Gasteiger partial charge in [-0.1, -0.05) is 25.1 Å². The molecule has 0 bridgehead atoms. The molecule has 2 N–H and O–H groups in total. The van der Waals surface area contributed by atoms with Gasteiger partial charge < -0.3 is 34.5 Å². The number of hydrogen-bond donors (Lipinski definition) is 2. The van der Waals surface area contributed by atoms with E-state index in [4.69, 9.17) is 23.9 Å². The molecule has 47 heavy (non-hydrogen) atoms. The predicted octanol–water partition coefficient (Wildman–Crippen LogP) is 3.51. The molecule has 0 saturated carbocycles. The van der Waals surface area contributed by atoms with Crippen molar-refractivity contribution in [2.75, 3.05) is 95.0 Å². The van der Waals surface area contributed by atoms with Gasteiger partial charge in [0.15, 0.2) is 5.82 Å². The van der Waals surface area contributed by atoms with Gasteiger partial charge in [-0.15, -0.1) is 0 Å². The maximum absolute atomic E-state index is 12.9. The van der Waals surface area contributed by atoms with Gasteiger partial charge in [-0.2, -0.15) is 4.98 Å². The van der Waals surface area contributed by atoms with Gasteiger partial charge in [0.1, 0.15) is 0 Å². The number of anilines is 3. The number of aromatic nitrogens is 2. The predicted molar refractivity (Wildman–Crippen MR) is 185 cm³/mol. The van der Waals surface area contributed by atoms with Crippen LogP contribution in [0.1, 0.15) is 44.6 Å². The Hall–Kier alpha value is -2.40. The van der Waals surface area contributed by atoms with Gasteiger partial charge in [0.05, 0.1) is 56.5 Å². The SMILES string of the molecule is CCCOCCOCCOCCOCCC(=O)NCCS(=O)(=O)N1CCC(Nc2ncc(Br)c(N3CCCc4ccccc43)n2)CC1. The molecule has 1 aromatic carbocycles. The van der Waals surface area contributed by atoms with Gasteiger partial charge in [0, 0.05) is 57.1 Å². The summed E-state index contributed by atoms with van der Waals surface area (Å²) in [6.07, 6.45) is 6.28. The van der Waals surface area contributed by atoms with Crippen molar-refractivity contribution in [3.8, 4) is 0 Å². The second-order valence-corrected chi connectivity index (χ2v) is 14.4. The molecular formula is C32H49BrN6O7S. The van der Waals surface area contributed by atoms with E-state index >= 15 is 0 Å². The van der Waals surface area contributed by atoms with Crippen molar-refractivity contribution < 1.29 is 32.2 Å². The van der Waals surface area contributed by atoms with Crippen molar-refractivity contribution in [2.24, 2.45) is 0 Å². The molecule has 0 radical (unpaired) electrons. The molecular weight excluding hydrogens is 692 g/mol. The second-order valence-electron chi connectivity index (χ2n) is 11.4. The lowest BCUT2D eigenvalue weighted by Gasteiger charge is -2.33. The largest absolute Gasteiger partial charge is 0.379 e. The topological polar surface area (TPSA) is 144 Å². The highest BCUT2D eigenvalue weighted by atomic mass is 79.9. The van der Waals surface area contributed by atoms with Crippen molar-refractivity contribution in [3.05, 3.63) is 40.5 Å². The molecule has 13 nitrogen and oxygen atoms in total. The number of nitrogens with one attached hydrogen (secondary N) is 2. The van der Waals surface area contributed by atoms with Crippen LogP contribution >= 0.6 is 15.9 Å². The van der Waals surface area contributed by atoms with Gasteiger partial charge in [0.25, 0.3) is 0 Å². The average Bonchev–Trinajstić information content (AvgIpc) is 3.07. The summed E-state index contributed by atoms with van der Waals surface area (Å²) < 4.78 is 49.8. The molecule has 3 heterocycles. The van der Waals surface area contributed by atoms with E-state index in [0.717, 1.165) is 48.4 Å². The van der Waals surface area contributed by atoms with E-state index in [9.17, 15) is 13.2 Å². The number of hydrogen-bond acceptors (Lipinski definition) is 11. The van der Waals surface area contributed by atoms with Crippen LogP contribution in [0.4, 0.5) is 17.5 Å². The average molecular weight is 742 g/mol. The zero-order valence-electron chi connectivity index (χ0n) is 27.3. The summed E-state index contributed by atoms with van der Waals surface area (Å²) in [5, 5.41) is 6.10. The molecule has 0 unspecified atom stereocenters. The summed E-state index contributed by atoms with van der Waals surface area (Å²) >= 11 is 3.63. The van der Waals surface area contributed by atoms with Gasteiger partial charge in [0.2, 0.25) is 21.9 Å². The lowest BCUT2D eigenvalue weighted by Crippen LogP contribution is -2.45. The minimum Gasteiger partial charge on any atom is -0.379 e. The molecule has 262 valence electrons. The highest BCUT2D eigenvalue weighted by molar-refractivity contribution is 9.10. The lowest BCUT2D eigenvalue weighted by molar-refractivity contribution is -0.122. The van der Waals surface area contributed by atoms with Crippen LogP contribution in [-0.4, -0.2) is 119 Å². The van der Waals surface area contributed by atoms with Gasteiger partial charge >= 0.3 is 0 Å². The zero-order valence-corrected chi connectivity index (χ0v) is 29.7. The van der Waals surface area contributed by atoms with Crippen molar-refractivity contribution in [1.82, 2.24) is 19.6 Å². The number of fused-ring (bicyclic) bond motifs is 1. The van der Waals surface area contributed by atoms with Crippen LogP contribution < -0.4 is 15.5 Å². The highest BCUT2D eigenvalue weighted by Gasteiger charge is 2.29. The van der Waals surface area contributed by atoms with Crippen LogP contribution in [0.15, 0.2) is 34.9 Å². The molecule has 2 aliphatic rings. The van der Waals surface area contributed by atoms with Crippen LogP contribution in [0.3, 0.4) is 0 Å². The zero-order chi connectivity index (χ0) is 33.3. The molecule has 0 aliphatic carbocycles. The molecule has 0 spiro atoms. The molecule has 1 amide bonds. The van der Waals surface area contributed by atoms with E-state index in [1.165, 1.54) is 9.87 Å². The first-order chi connectivity index (χ1) is 22.9. The molecule has 0 atom stereocenters. The van der Waals surface area contributed by atoms with Crippen LogP contribution in [0.5, 0.6) is 0 Å². The van der Waals surface area contributed by atoms with Gasteiger partial charge in [-0.05, 0) is 59.7 Å². The third-order valence-corrected chi connectivity index (χ3v) is 10.3. The monoisotopic (exact) mass is 740 g/mol. The lowest BCUT2D eigenvalue weighted by atomic mass is 10.0. The standard InChI is InChI=1S/C32H49BrN6O7S/c1-2-16-43-18-20-45-22-23-46-21-19-44-17-11-30(40)34-12-24-47(41,42)38-14-9-27(10-15-38)36-32-35-25-28(33)31(37-32)39-13-5-7-26-6-3-4-8-29(26)39/h3-4,6,8,25,27H,2,5,7,9-24H2,1H3,(H,34,40)(H,35,36,37). The molecule has 4 rings (SSSR count). The Kier molecular flexibility index (Phi) is 16.1. The molecule has 1 saturated heterocycles. The fourth-order valence-electron chi connectivity index (χ4n) is 5.44. The van der Waals surface area contributed by atoms with Crippen molar-refractivity contribution in [2.45, 2.75) is 51.5 Å². The summed E-state index contributed by atoms with van der Waals surface area (Å²) in [6, 6.07) is 8.44. The number of nitrogens with zero attached hydrogens (tertiary/aromatic N) is 4. The maximum atomic E-state index is 12.9. The van der Waals surface area contributed by atoms with Crippen LogP contribution in [0, 0.1) is 0 Å². The number of benzene rings is 1. The molecule has 2 aromatic rings. The maximum Gasteiger partial charge on any atom is 0.224 e. The van der Waals surface area contributed by atoms with Crippen molar-refractivity contribution in [1.29, 1.82) is 0 Å². The van der Waals surface area contributed by atoms with E-state index in [2.05, 4.69) is 61.6 Å². The molecule has 2 aliphatic heterocycles. The molecule has 1 fully saturated rings. The Labute approximate surface area is 287 Å². The number of sulfonamides is 1. The van der Waals surface area contributed by atoms with Crippen LogP contribution in [0.2, 0.25) is 0 Å². The van der Waals surface area contributed by atoms with E-state index in [1.54, 1.807) is 6.20 Å². The molecule has 1 aromatic heterocycles. The summed E-state index contributed by atoms with van der Waals surface area (Å²) in [4.78, 5) is 23.7. The smallest absolute Gasteiger partial charge is 0.224 e. The van der Waals surface area contributed by atoms with Gasteiger partial charge in [-0.25, -0.2) is 17.7 Å². The summed E-state index contributed by atoms with van der Waals surface area (Å²) in [6.45, 7) is 7.64. The first kappa shape index (κ1) is 37.4. The number of aryl methyl sites for hydroxylation is 1. The Balaban J connectivity index is 1.08. The Morgan fingerprint density at radius 1 is 0.957 bits per heavy atom. The number of carbonyl (C=O) groups is 1. The van der Waals surface area contributed by atoms with E-state index < -0.39 is 10.0 Å². The first-order valence-electron chi connectivity index (χ1n) is 16.6. The minimum absolute atomic E-state index is 0.0537. The Bertz CT molecular complexity index is 1350. The third-order valence-electron chi connectivity index (χ3n) is 7.89. The minimum atomic E-state index is -3.50. The fourth-order valence-corrected chi connectivity index (χ4v) is 7.23. The number of halogens is 1. The number of piperidine rings is 1. The van der Waals surface area contributed by atoms with E-state index in [0.29, 0.717) is 71.5 Å². The van der Waals surface area contributed by atoms with E-state index in [-0.39, 0.29) is 37.3 Å². The summed E-state index contributed by atoms with van der Waals surface area (Å²) in [5.41, 5.74) is 2.47. The molecule has 15 heteroatoms. The van der Waals surface area contributed by atoms with Crippen LogP contribution in [0.25, 0.3) is 0 Å². The number of ether oxygens (including phenoxy) is 4. The van der Waals surface area contributed by atoms with Crippen molar-refractivity contribution >= 4 is 49.3 Å². The Morgan fingerprint density at radius 2 is 1.62 bits per heavy atom. The summed E-state index contributed by atoms with van der Waals surface area (Å²) in [5.74, 6) is 0.957. The number of rotatable bonds is 21. The van der Waals surface area contributed by atoms with Crippen molar-refractivity contribution in [3.63, 3.8) is 0 Å². The quantitative estimate of drug-likeness (QED) is 0.182. The number of para-hydroxylation sites is 1.